The van der Waals surface area contributed by atoms with Crippen molar-refractivity contribution in [1.82, 2.24) is 20.3 Å². The minimum Gasteiger partial charge on any atom is -0.496 e. The summed E-state index contributed by atoms with van der Waals surface area (Å²) in [5, 5.41) is 12.0. The van der Waals surface area contributed by atoms with Gasteiger partial charge in [-0.25, -0.2) is 4.39 Å². The standard InChI is InChI=1S/C18H13FN4O3S/c1-24-14-9-5-3-7-12(14)16-20-15(26-23-16)10-27-18-22-21-17(25-18)11-6-2-4-8-13(11)19/h2-9H,10H2,1H3. The van der Waals surface area contributed by atoms with Gasteiger partial charge in [-0.3, -0.25) is 0 Å². The van der Waals surface area contributed by atoms with Gasteiger partial charge in [0.05, 0.1) is 24.0 Å². The van der Waals surface area contributed by atoms with Gasteiger partial charge in [0.25, 0.3) is 11.1 Å². The highest BCUT2D eigenvalue weighted by Crippen LogP contribution is 2.29. The molecule has 2 aromatic carbocycles. The first-order chi connectivity index (χ1) is 13.2. The normalized spacial score (nSPS) is 10.9. The fourth-order valence-electron chi connectivity index (χ4n) is 2.39. The van der Waals surface area contributed by atoms with E-state index in [1.807, 2.05) is 24.3 Å². The number of benzene rings is 2. The Hall–Kier alpha value is -3.20. The van der Waals surface area contributed by atoms with E-state index < -0.39 is 5.82 Å². The van der Waals surface area contributed by atoms with Gasteiger partial charge in [-0.1, -0.05) is 41.2 Å². The summed E-state index contributed by atoms with van der Waals surface area (Å²) < 4.78 is 29.8. The van der Waals surface area contributed by atoms with E-state index in [1.54, 1.807) is 25.3 Å². The van der Waals surface area contributed by atoms with E-state index in [2.05, 4.69) is 20.3 Å². The summed E-state index contributed by atoms with van der Waals surface area (Å²) in [7, 11) is 1.58. The molecule has 4 aromatic rings. The molecule has 0 N–H and O–H groups in total. The van der Waals surface area contributed by atoms with Gasteiger partial charge in [-0.15, -0.1) is 10.2 Å². The van der Waals surface area contributed by atoms with E-state index in [9.17, 15) is 4.39 Å². The van der Waals surface area contributed by atoms with Crippen molar-refractivity contribution in [2.45, 2.75) is 11.0 Å². The van der Waals surface area contributed by atoms with Gasteiger partial charge >= 0.3 is 0 Å². The van der Waals surface area contributed by atoms with Gasteiger partial charge in [0.1, 0.15) is 11.6 Å². The first-order valence-electron chi connectivity index (χ1n) is 7.92. The maximum Gasteiger partial charge on any atom is 0.277 e. The van der Waals surface area contributed by atoms with Crippen molar-refractivity contribution >= 4 is 11.8 Å². The molecule has 0 saturated heterocycles. The van der Waals surface area contributed by atoms with E-state index in [-0.39, 0.29) is 16.7 Å². The van der Waals surface area contributed by atoms with Crippen LogP contribution in [-0.2, 0) is 5.75 Å². The van der Waals surface area contributed by atoms with Crippen LogP contribution in [0.4, 0.5) is 4.39 Å². The zero-order valence-corrected chi connectivity index (χ0v) is 14.9. The summed E-state index contributed by atoms with van der Waals surface area (Å²) >= 11 is 1.22. The fraction of sp³-hybridized carbons (Fsp3) is 0.111. The van der Waals surface area contributed by atoms with E-state index in [1.165, 1.54) is 17.8 Å². The van der Waals surface area contributed by atoms with Crippen LogP contribution in [-0.4, -0.2) is 27.4 Å². The largest absolute Gasteiger partial charge is 0.496 e. The Morgan fingerprint density at radius 1 is 1.04 bits per heavy atom. The van der Waals surface area contributed by atoms with Gasteiger partial charge in [0.2, 0.25) is 11.7 Å². The van der Waals surface area contributed by atoms with Crippen molar-refractivity contribution in [1.29, 1.82) is 0 Å². The zero-order chi connectivity index (χ0) is 18.6. The van der Waals surface area contributed by atoms with Crippen LogP contribution in [0.5, 0.6) is 5.75 Å². The predicted molar refractivity (Wildman–Crippen MR) is 95.5 cm³/mol. The molecule has 7 nitrogen and oxygen atoms in total. The molecular weight excluding hydrogens is 371 g/mol. The molecule has 0 aliphatic heterocycles. The van der Waals surface area contributed by atoms with Crippen molar-refractivity contribution in [2.24, 2.45) is 0 Å². The Morgan fingerprint density at radius 3 is 2.63 bits per heavy atom. The van der Waals surface area contributed by atoms with Crippen LogP contribution in [0.25, 0.3) is 22.8 Å². The number of hydrogen-bond donors (Lipinski definition) is 0. The third-order valence-corrected chi connectivity index (χ3v) is 4.45. The third-order valence-electron chi connectivity index (χ3n) is 3.65. The monoisotopic (exact) mass is 384 g/mol. The van der Waals surface area contributed by atoms with Crippen LogP contribution in [0.1, 0.15) is 5.89 Å². The molecule has 27 heavy (non-hydrogen) atoms. The minimum atomic E-state index is -0.420. The van der Waals surface area contributed by atoms with Gasteiger partial charge in [-0.05, 0) is 24.3 Å². The predicted octanol–water partition coefficient (Wildman–Crippen LogP) is 4.23. The molecule has 0 aliphatic rings. The molecule has 4 rings (SSSR count). The molecule has 0 aliphatic carbocycles. The molecule has 0 spiro atoms. The molecule has 136 valence electrons. The van der Waals surface area contributed by atoms with Crippen LogP contribution in [0.3, 0.4) is 0 Å². The molecule has 0 saturated carbocycles. The first-order valence-corrected chi connectivity index (χ1v) is 8.90. The average Bonchev–Trinajstić information content (AvgIpc) is 3.36. The lowest BCUT2D eigenvalue weighted by atomic mass is 10.2. The summed E-state index contributed by atoms with van der Waals surface area (Å²) in [5.41, 5.74) is 0.993. The van der Waals surface area contributed by atoms with E-state index in [0.29, 0.717) is 23.2 Å². The van der Waals surface area contributed by atoms with Crippen molar-refractivity contribution in [2.75, 3.05) is 7.11 Å². The molecule has 2 heterocycles. The minimum absolute atomic E-state index is 0.121. The summed E-state index contributed by atoms with van der Waals surface area (Å²) in [4.78, 5) is 4.35. The lowest BCUT2D eigenvalue weighted by molar-refractivity contribution is 0.389. The van der Waals surface area contributed by atoms with Gasteiger partial charge in [0, 0.05) is 0 Å². The number of thioether (sulfide) groups is 1. The van der Waals surface area contributed by atoms with Gasteiger partial charge < -0.3 is 13.7 Å². The zero-order valence-electron chi connectivity index (χ0n) is 14.1. The number of nitrogens with zero attached hydrogens (tertiary/aromatic N) is 4. The molecule has 0 radical (unpaired) electrons. The smallest absolute Gasteiger partial charge is 0.277 e. The number of rotatable bonds is 6. The van der Waals surface area contributed by atoms with Crippen molar-refractivity contribution in [3.8, 4) is 28.6 Å². The summed E-state index contributed by atoms with van der Waals surface area (Å²) in [6.45, 7) is 0. The number of para-hydroxylation sites is 1. The number of halogens is 1. The maximum atomic E-state index is 13.8. The number of ether oxygens (including phenoxy) is 1. The molecule has 0 atom stereocenters. The van der Waals surface area contributed by atoms with Crippen molar-refractivity contribution in [3.05, 3.63) is 60.2 Å². The van der Waals surface area contributed by atoms with Crippen LogP contribution in [0.15, 0.2) is 62.7 Å². The Kier molecular flexibility index (Phi) is 4.84. The second-order valence-electron chi connectivity index (χ2n) is 5.35. The van der Waals surface area contributed by atoms with E-state index in [4.69, 9.17) is 13.7 Å². The van der Waals surface area contributed by atoms with Crippen LogP contribution in [0.2, 0.25) is 0 Å². The second-order valence-corrected chi connectivity index (χ2v) is 6.28. The summed E-state index contributed by atoms with van der Waals surface area (Å²) in [6.07, 6.45) is 0. The van der Waals surface area contributed by atoms with Crippen molar-refractivity contribution in [3.63, 3.8) is 0 Å². The highest BCUT2D eigenvalue weighted by Gasteiger charge is 2.16. The Bertz CT molecular complexity index is 1070. The molecule has 0 amide bonds. The number of hydrogen-bond acceptors (Lipinski definition) is 8. The Labute approximate surface area is 157 Å². The maximum absolute atomic E-state index is 13.8. The quantitative estimate of drug-likeness (QED) is 0.457. The average molecular weight is 384 g/mol. The summed E-state index contributed by atoms with van der Waals surface area (Å²) in [5.74, 6) is 1.52. The summed E-state index contributed by atoms with van der Waals surface area (Å²) in [6, 6.07) is 13.6. The Balaban J connectivity index is 1.46. The fourth-order valence-corrected chi connectivity index (χ4v) is 2.99. The van der Waals surface area contributed by atoms with Crippen LogP contribution >= 0.6 is 11.8 Å². The SMILES string of the molecule is COc1ccccc1-c1noc(CSc2nnc(-c3ccccc3F)o2)n1. The molecule has 0 fully saturated rings. The lowest BCUT2D eigenvalue weighted by Gasteiger charge is -2.02. The van der Waals surface area contributed by atoms with Crippen LogP contribution < -0.4 is 4.74 Å². The molecule has 0 bridgehead atoms. The van der Waals surface area contributed by atoms with E-state index in [0.717, 1.165) is 5.56 Å². The van der Waals surface area contributed by atoms with Gasteiger partial charge in [0.15, 0.2) is 0 Å². The topological polar surface area (TPSA) is 87.1 Å². The third kappa shape index (κ3) is 3.68. The number of aromatic nitrogens is 4. The molecular formula is C18H13FN4O3S. The molecule has 9 heteroatoms. The number of methoxy groups -OCH3 is 1. The van der Waals surface area contributed by atoms with Crippen molar-refractivity contribution < 1.29 is 18.1 Å². The van der Waals surface area contributed by atoms with Crippen LogP contribution in [0, 0.1) is 5.82 Å². The molecule has 2 aromatic heterocycles. The first kappa shape index (κ1) is 17.2. The highest BCUT2D eigenvalue weighted by atomic mass is 32.2. The Morgan fingerprint density at radius 2 is 1.81 bits per heavy atom. The van der Waals surface area contributed by atoms with E-state index >= 15 is 0 Å². The molecule has 0 unspecified atom stereocenters. The second kappa shape index (κ2) is 7.58. The highest BCUT2D eigenvalue weighted by molar-refractivity contribution is 7.98. The lowest BCUT2D eigenvalue weighted by Crippen LogP contribution is -1.89. The van der Waals surface area contributed by atoms with Gasteiger partial charge in [-0.2, -0.15) is 4.98 Å².